The maximum Gasteiger partial charge on any atom is 0.129 e. The van der Waals surface area contributed by atoms with E-state index < -0.39 is 0 Å². The number of hydrogen-bond donors (Lipinski definition) is 0. The van der Waals surface area contributed by atoms with E-state index in [9.17, 15) is 0 Å². The Balaban J connectivity index is 2.42. The number of likely N-dealkylation sites (N-methyl/N-ethyl adjacent to an activating group) is 1. The first-order valence-corrected chi connectivity index (χ1v) is 7.71. The van der Waals surface area contributed by atoms with Gasteiger partial charge in [0.2, 0.25) is 0 Å². The maximum atomic E-state index is 6.09. The highest BCUT2D eigenvalue weighted by Crippen LogP contribution is 2.28. The Hall–Kier alpha value is -2.07. The molecular formula is C18H25N3O. The van der Waals surface area contributed by atoms with E-state index in [1.165, 1.54) is 0 Å². The molecule has 0 spiro atoms. The first-order chi connectivity index (χ1) is 10.6. The molecule has 2 rings (SSSR count). The van der Waals surface area contributed by atoms with Crippen molar-refractivity contribution >= 4 is 5.70 Å². The minimum absolute atomic E-state index is 0.194. The number of benzene rings is 1. The van der Waals surface area contributed by atoms with Gasteiger partial charge in [0, 0.05) is 24.5 Å². The van der Waals surface area contributed by atoms with Crippen LogP contribution in [-0.4, -0.2) is 41.2 Å². The normalized spacial score (nSPS) is 13.4. The van der Waals surface area contributed by atoms with Crippen LogP contribution >= 0.6 is 0 Å². The van der Waals surface area contributed by atoms with Crippen molar-refractivity contribution in [1.82, 2.24) is 14.5 Å². The van der Waals surface area contributed by atoms with Crippen molar-refractivity contribution < 1.29 is 4.74 Å². The lowest BCUT2D eigenvalue weighted by Gasteiger charge is -2.19. The van der Waals surface area contributed by atoms with E-state index in [2.05, 4.69) is 50.0 Å². The zero-order chi connectivity index (χ0) is 15.9. The highest BCUT2D eigenvalue weighted by Gasteiger charge is 2.12. The molecule has 0 saturated carbocycles. The van der Waals surface area contributed by atoms with Gasteiger partial charge in [-0.05, 0) is 45.6 Å². The highest BCUT2D eigenvalue weighted by molar-refractivity contribution is 5.70. The molecule has 118 valence electrons. The summed E-state index contributed by atoms with van der Waals surface area (Å²) in [5.41, 5.74) is 2.17. The van der Waals surface area contributed by atoms with Gasteiger partial charge in [0.1, 0.15) is 5.75 Å². The second kappa shape index (κ2) is 7.80. The third-order valence-corrected chi connectivity index (χ3v) is 3.50. The highest BCUT2D eigenvalue weighted by atomic mass is 16.5. The zero-order valence-electron chi connectivity index (χ0n) is 13.9. The fraction of sp³-hybridized carbons (Fsp3) is 0.389. The summed E-state index contributed by atoms with van der Waals surface area (Å²) >= 11 is 0. The predicted octanol–water partition coefficient (Wildman–Crippen LogP) is 3.51. The Bertz CT molecular complexity index is 603. The summed E-state index contributed by atoms with van der Waals surface area (Å²) in [4.78, 5) is 6.30. The second-order valence-corrected chi connectivity index (χ2v) is 5.65. The van der Waals surface area contributed by atoms with Gasteiger partial charge >= 0.3 is 0 Å². The average molecular weight is 299 g/mol. The number of nitrogens with zero attached hydrogens (tertiary/aromatic N) is 3. The molecule has 0 bridgehead atoms. The van der Waals surface area contributed by atoms with Crippen LogP contribution in [0.15, 0.2) is 49.1 Å². The van der Waals surface area contributed by atoms with E-state index in [-0.39, 0.29) is 6.10 Å². The molecule has 4 heteroatoms. The largest absolute Gasteiger partial charge is 0.490 e. The minimum atomic E-state index is 0.194. The average Bonchev–Trinajstić information content (AvgIpc) is 3.02. The fourth-order valence-corrected chi connectivity index (χ4v) is 2.11. The second-order valence-electron chi connectivity index (χ2n) is 5.65. The number of ether oxygens (including phenoxy) is 1. The molecule has 0 saturated heterocycles. The number of hydrogen-bond acceptors (Lipinski definition) is 3. The van der Waals surface area contributed by atoms with Crippen LogP contribution in [0.2, 0.25) is 0 Å². The van der Waals surface area contributed by atoms with E-state index in [1.807, 2.05) is 35.3 Å². The SMILES string of the molecule is CCC(C)Oc1ccccc1/C(=C/CN(C)C)n1ccnc1. The van der Waals surface area contributed by atoms with E-state index in [1.54, 1.807) is 6.20 Å². The lowest BCUT2D eigenvalue weighted by Crippen LogP contribution is -2.14. The van der Waals surface area contributed by atoms with Gasteiger partial charge in [-0.3, -0.25) is 0 Å². The molecule has 4 nitrogen and oxygen atoms in total. The van der Waals surface area contributed by atoms with E-state index >= 15 is 0 Å². The summed E-state index contributed by atoms with van der Waals surface area (Å²) in [5, 5.41) is 0. The summed E-state index contributed by atoms with van der Waals surface area (Å²) in [6.07, 6.45) is 8.94. The predicted molar refractivity (Wildman–Crippen MR) is 91.0 cm³/mol. The van der Waals surface area contributed by atoms with Gasteiger partial charge in [-0.15, -0.1) is 0 Å². The maximum absolute atomic E-state index is 6.09. The quantitative estimate of drug-likeness (QED) is 0.784. The molecule has 0 N–H and O–H groups in total. The van der Waals surface area contributed by atoms with Gasteiger partial charge in [0.05, 0.1) is 18.1 Å². The molecule has 2 aromatic rings. The first kappa shape index (κ1) is 16.3. The van der Waals surface area contributed by atoms with Crippen LogP contribution in [0.3, 0.4) is 0 Å². The molecule has 1 unspecified atom stereocenters. The number of aromatic nitrogens is 2. The molecule has 0 radical (unpaired) electrons. The van der Waals surface area contributed by atoms with Gasteiger partial charge in [-0.25, -0.2) is 4.98 Å². The molecule has 1 atom stereocenters. The van der Waals surface area contributed by atoms with Crippen LogP contribution in [0.5, 0.6) is 5.75 Å². The van der Waals surface area contributed by atoms with Crippen LogP contribution in [0.4, 0.5) is 0 Å². The van der Waals surface area contributed by atoms with Crippen molar-refractivity contribution in [1.29, 1.82) is 0 Å². The van der Waals surface area contributed by atoms with Crippen LogP contribution in [-0.2, 0) is 0 Å². The molecule has 0 aliphatic heterocycles. The molecule has 0 fully saturated rings. The van der Waals surface area contributed by atoms with Gasteiger partial charge in [0.25, 0.3) is 0 Å². The van der Waals surface area contributed by atoms with Gasteiger partial charge in [-0.1, -0.05) is 19.1 Å². The van der Waals surface area contributed by atoms with Gasteiger partial charge < -0.3 is 14.2 Å². The lowest BCUT2D eigenvalue weighted by molar-refractivity contribution is 0.217. The zero-order valence-corrected chi connectivity index (χ0v) is 13.9. The fourth-order valence-electron chi connectivity index (χ4n) is 2.11. The van der Waals surface area contributed by atoms with Crippen LogP contribution in [0, 0.1) is 0 Å². The van der Waals surface area contributed by atoms with Crippen LogP contribution in [0.1, 0.15) is 25.8 Å². The van der Waals surface area contributed by atoms with E-state index in [0.717, 1.165) is 30.0 Å². The number of rotatable bonds is 7. The van der Waals surface area contributed by atoms with Crippen LogP contribution < -0.4 is 4.74 Å². The molecular weight excluding hydrogens is 274 g/mol. The Kier molecular flexibility index (Phi) is 5.78. The summed E-state index contributed by atoms with van der Waals surface area (Å²) in [6.45, 7) is 5.08. The third-order valence-electron chi connectivity index (χ3n) is 3.50. The summed E-state index contributed by atoms with van der Waals surface area (Å²) < 4.78 is 8.12. The topological polar surface area (TPSA) is 30.3 Å². The van der Waals surface area contributed by atoms with Crippen molar-refractivity contribution in [3.05, 3.63) is 54.6 Å². The van der Waals surface area contributed by atoms with Crippen LogP contribution in [0.25, 0.3) is 5.70 Å². The molecule has 0 aliphatic rings. The smallest absolute Gasteiger partial charge is 0.129 e. The Labute approximate surface area is 133 Å². The van der Waals surface area contributed by atoms with Crippen molar-refractivity contribution in [2.45, 2.75) is 26.4 Å². The molecule has 0 aliphatic carbocycles. The Morgan fingerprint density at radius 1 is 1.36 bits per heavy atom. The number of para-hydroxylation sites is 1. The molecule has 22 heavy (non-hydrogen) atoms. The summed E-state index contributed by atoms with van der Waals surface area (Å²) in [7, 11) is 4.12. The standard InChI is InChI=1S/C18H25N3O/c1-5-15(2)22-18-9-7-6-8-16(18)17(10-12-20(3)4)21-13-11-19-14-21/h6-11,13-15H,5,12H2,1-4H3/b17-10-. The van der Waals surface area contributed by atoms with Crippen molar-refractivity contribution in [2.24, 2.45) is 0 Å². The molecule has 1 aromatic carbocycles. The third kappa shape index (κ3) is 4.21. The number of imidazole rings is 1. The van der Waals surface area contributed by atoms with Crippen molar-refractivity contribution in [2.75, 3.05) is 20.6 Å². The van der Waals surface area contributed by atoms with E-state index in [0.29, 0.717) is 0 Å². The van der Waals surface area contributed by atoms with Gasteiger partial charge in [-0.2, -0.15) is 0 Å². The summed E-state index contributed by atoms with van der Waals surface area (Å²) in [5.74, 6) is 0.913. The Morgan fingerprint density at radius 3 is 2.77 bits per heavy atom. The molecule has 1 aromatic heterocycles. The first-order valence-electron chi connectivity index (χ1n) is 7.71. The Morgan fingerprint density at radius 2 is 2.14 bits per heavy atom. The van der Waals surface area contributed by atoms with Crippen molar-refractivity contribution in [3.63, 3.8) is 0 Å². The van der Waals surface area contributed by atoms with Gasteiger partial charge in [0.15, 0.2) is 0 Å². The monoisotopic (exact) mass is 299 g/mol. The lowest BCUT2D eigenvalue weighted by atomic mass is 10.1. The molecule has 1 heterocycles. The minimum Gasteiger partial charge on any atom is -0.490 e. The summed E-state index contributed by atoms with van der Waals surface area (Å²) in [6, 6.07) is 8.18. The van der Waals surface area contributed by atoms with E-state index in [4.69, 9.17) is 4.74 Å². The van der Waals surface area contributed by atoms with Crippen molar-refractivity contribution in [3.8, 4) is 5.75 Å². The molecule has 0 amide bonds.